The minimum atomic E-state index is -0.108. The van der Waals surface area contributed by atoms with Gasteiger partial charge in [0.15, 0.2) is 11.5 Å². The predicted molar refractivity (Wildman–Crippen MR) is 48.7 cm³/mol. The van der Waals surface area contributed by atoms with E-state index in [9.17, 15) is 5.11 Å². The monoisotopic (exact) mass is 186 g/mol. The summed E-state index contributed by atoms with van der Waals surface area (Å²) in [6.45, 7) is 1.97. The van der Waals surface area contributed by atoms with Crippen LogP contribution in [-0.4, -0.2) is 10.2 Å². The van der Waals surface area contributed by atoms with Crippen LogP contribution in [0.2, 0.25) is 0 Å². The van der Waals surface area contributed by atoms with Gasteiger partial charge in [0.05, 0.1) is 5.88 Å². The molecular formula is C9H11ClO2. The van der Waals surface area contributed by atoms with Crippen molar-refractivity contribution in [2.45, 2.75) is 19.2 Å². The zero-order valence-electron chi connectivity index (χ0n) is 6.84. The maximum Gasteiger partial charge on any atom is 0.162 e. The van der Waals surface area contributed by atoms with Crippen molar-refractivity contribution < 1.29 is 10.2 Å². The fraction of sp³-hybridized carbons (Fsp3) is 0.333. The zero-order valence-corrected chi connectivity index (χ0v) is 7.60. The van der Waals surface area contributed by atoms with Gasteiger partial charge in [-0.1, -0.05) is 13.0 Å². The summed E-state index contributed by atoms with van der Waals surface area (Å²) in [7, 11) is 0. The van der Waals surface area contributed by atoms with Crippen LogP contribution in [0, 0.1) is 0 Å². The molecule has 1 aromatic rings. The van der Waals surface area contributed by atoms with Gasteiger partial charge in [-0.05, 0) is 18.1 Å². The highest BCUT2D eigenvalue weighted by Gasteiger charge is 2.09. The molecule has 0 aromatic heterocycles. The van der Waals surface area contributed by atoms with Gasteiger partial charge in [-0.15, -0.1) is 11.6 Å². The largest absolute Gasteiger partial charge is 0.504 e. The van der Waals surface area contributed by atoms with Gasteiger partial charge in [0, 0.05) is 5.56 Å². The molecule has 3 heteroatoms. The number of halogens is 1. The van der Waals surface area contributed by atoms with E-state index >= 15 is 0 Å². The first kappa shape index (κ1) is 9.20. The Hall–Kier alpha value is -0.890. The van der Waals surface area contributed by atoms with Gasteiger partial charge in [0.2, 0.25) is 0 Å². The summed E-state index contributed by atoms with van der Waals surface area (Å²) in [4.78, 5) is 0. The molecule has 0 saturated heterocycles. The van der Waals surface area contributed by atoms with Crippen molar-refractivity contribution in [3.63, 3.8) is 0 Å². The molecule has 2 nitrogen and oxygen atoms in total. The Morgan fingerprint density at radius 1 is 1.33 bits per heavy atom. The van der Waals surface area contributed by atoms with E-state index in [0.717, 1.165) is 12.0 Å². The number of hydrogen-bond acceptors (Lipinski definition) is 2. The van der Waals surface area contributed by atoms with E-state index in [2.05, 4.69) is 0 Å². The molecule has 0 amide bonds. The molecule has 0 aliphatic rings. The first-order chi connectivity index (χ1) is 5.70. The Morgan fingerprint density at radius 3 is 2.50 bits per heavy atom. The first-order valence-electron chi connectivity index (χ1n) is 3.79. The smallest absolute Gasteiger partial charge is 0.162 e. The minimum Gasteiger partial charge on any atom is -0.504 e. The molecule has 0 unspecified atom stereocenters. The Kier molecular flexibility index (Phi) is 2.82. The van der Waals surface area contributed by atoms with Gasteiger partial charge in [-0.25, -0.2) is 0 Å². The van der Waals surface area contributed by atoms with Crippen molar-refractivity contribution in [3.05, 3.63) is 23.3 Å². The first-order valence-corrected chi connectivity index (χ1v) is 4.32. The molecule has 2 N–H and O–H groups in total. The van der Waals surface area contributed by atoms with Gasteiger partial charge < -0.3 is 10.2 Å². The van der Waals surface area contributed by atoms with Crippen molar-refractivity contribution in [3.8, 4) is 11.5 Å². The number of rotatable bonds is 2. The summed E-state index contributed by atoms with van der Waals surface area (Å²) in [6, 6.07) is 3.25. The molecule has 0 saturated carbocycles. The Bertz CT molecular complexity index is 284. The number of aromatic hydroxyl groups is 2. The summed E-state index contributed by atoms with van der Waals surface area (Å²) in [6.07, 6.45) is 0.801. The Balaban J connectivity index is 3.25. The molecule has 0 radical (unpaired) electrons. The average Bonchev–Trinajstić information content (AvgIpc) is 2.09. The molecule has 0 aliphatic carbocycles. The molecule has 0 heterocycles. The number of phenols is 2. The van der Waals surface area contributed by atoms with Crippen LogP contribution in [0.15, 0.2) is 12.1 Å². The standard InChI is InChI=1S/C9H11ClO2/c1-2-6-3-4-8(11)9(12)7(6)5-10/h3-4,11-12H,2,5H2,1H3. The second-order valence-electron chi connectivity index (χ2n) is 2.56. The molecule has 0 spiro atoms. The van der Waals surface area contributed by atoms with Gasteiger partial charge in [-0.3, -0.25) is 0 Å². The van der Waals surface area contributed by atoms with Crippen molar-refractivity contribution in [1.82, 2.24) is 0 Å². The van der Waals surface area contributed by atoms with Gasteiger partial charge in [0.1, 0.15) is 0 Å². The average molecular weight is 187 g/mol. The number of phenolic OH excluding ortho intramolecular Hbond substituents is 2. The van der Waals surface area contributed by atoms with Crippen LogP contribution in [0.5, 0.6) is 11.5 Å². The van der Waals surface area contributed by atoms with Crippen molar-refractivity contribution in [2.24, 2.45) is 0 Å². The third-order valence-electron chi connectivity index (χ3n) is 1.87. The Labute approximate surface area is 76.4 Å². The lowest BCUT2D eigenvalue weighted by atomic mass is 10.1. The van der Waals surface area contributed by atoms with Crippen LogP contribution in [-0.2, 0) is 12.3 Å². The lowest BCUT2D eigenvalue weighted by molar-refractivity contribution is 0.400. The van der Waals surface area contributed by atoms with Crippen LogP contribution >= 0.6 is 11.6 Å². The van der Waals surface area contributed by atoms with E-state index in [0.29, 0.717) is 5.56 Å². The fourth-order valence-electron chi connectivity index (χ4n) is 1.15. The van der Waals surface area contributed by atoms with E-state index in [1.165, 1.54) is 6.07 Å². The van der Waals surface area contributed by atoms with Crippen molar-refractivity contribution in [2.75, 3.05) is 0 Å². The number of benzene rings is 1. The van der Waals surface area contributed by atoms with Gasteiger partial charge in [0.25, 0.3) is 0 Å². The van der Waals surface area contributed by atoms with Crippen molar-refractivity contribution >= 4 is 11.6 Å². The van der Waals surface area contributed by atoms with Gasteiger partial charge in [-0.2, -0.15) is 0 Å². The van der Waals surface area contributed by atoms with E-state index in [4.69, 9.17) is 16.7 Å². The fourth-order valence-corrected chi connectivity index (χ4v) is 1.44. The maximum atomic E-state index is 9.38. The molecule has 0 aliphatic heterocycles. The minimum absolute atomic E-state index is 0.0932. The Morgan fingerprint density at radius 2 is 2.00 bits per heavy atom. The van der Waals surface area contributed by atoms with E-state index in [1.807, 2.05) is 6.92 Å². The number of aryl methyl sites for hydroxylation is 1. The summed E-state index contributed by atoms with van der Waals surface area (Å²) in [5, 5.41) is 18.5. The topological polar surface area (TPSA) is 40.5 Å². The highest BCUT2D eigenvalue weighted by Crippen LogP contribution is 2.32. The summed E-state index contributed by atoms with van der Waals surface area (Å²) >= 11 is 5.62. The van der Waals surface area contributed by atoms with Crippen molar-refractivity contribution in [1.29, 1.82) is 0 Å². The highest BCUT2D eigenvalue weighted by atomic mass is 35.5. The lowest BCUT2D eigenvalue weighted by Crippen LogP contribution is -1.89. The van der Waals surface area contributed by atoms with Crippen LogP contribution in [0.1, 0.15) is 18.1 Å². The van der Waals surface area contributed by atoms with Gasteiger partial charge >= 0.3 is 0 Å². The molecule has 66 valence electrons. The quantitative estimate of drug-likeness (QED) is 0.550. The zero-order chi connectivity index (χ0) is 9.14. The second kappa shape index (κ2) is 3.68. The molecule has 0 fully saturated rings. The van der Waals surface area contributed by atoms with E-state index < -0.39 is 0 Å². The maximum absolute atomic E-state index is 9.38. The van der Waals surface area contributed by atoms with Crippen LogP contribution in [0.4, 0.5) is 0 Å². The lowest BCUT2D eigenvalue weighted by Gasteiger charge is -2.07. The van der Waals surface area contributed by atoms with Crippen LogP contribution in [0.3, 0.4) is 0 Å². The third kappa shape index (κ3) is 1.48. The van der Waals surface area contributed by atoms with E-state index in [1.54, 1.807) is 6.07 Å². The summed E-state index contributed by atoms with van der Waals surface area (Å²) in [5.74, 6) is 0.0239. The van der Waals surface area contributed by atoms with Crippen LogP contribution in [0.25, 0.3) is 0 Å². The SMILES string of the molecule is CCc1ccc(O)c(O)c1CCl. The predicted octanol–water partition coefficient (Wildman–Crippen LogP) is 2.40. The normalized spacial score (nSPS) is 10.2. The summed E-state index contributed by atoms with van der Waals surface area (Å²) < 4.78 is 0. The second-order valence-corrected chi connectivity index (χ2v) is 2.83. The third-order valence-corrected chi connectivity index (χ3v) is 2.14. The molecule has 0 atom stereocenters. The molecular weight excluding hydrogens is 176 g/mol. The molecule has 1 aromatic carbocycles. The molecule has 12 heavy (non-hydrogen) atoms. The summed E-state index contributed by atoms with van der Waals surface area (Å²) in [5.41, 5.74) is 1.60. The highest BCUT2D eigenvalue weighted by molar-refractivity contribution is 6.17. The molecule has 1 rings (SSSR count). The number of hydrogen-bond donors (Lipinski definition) is 2. The van der Waals surface area contributed by atoms with Crippen LogP contribution < -0.4 is 0 Å². The number of alkyl halides is 1. The molecule has 0 bridgehead atoms. The van der Waals surface area contributed by atoms with E-state index in [-0.39, 0.29) is 17.4 Å².